The summed E-state index contributed by atoms with van der Waals surface area (Å²) in [4.78, 5) is 13.5. The van der Waals surface area contributed by atoms with Gasteiger partial charge in [0.2, 0.25) is 5.91 Å². The van der Waals surface area contributed by atoms with Crippen LogP contribution >= 0.6 is 11.8 Å². The Morgan fingerprint density at radius 2 is 2.26 bits per heavy atom. The third-order valence-electron chi connectivity index (χ3n) is 3.78. The fourth-order valence-corrected chi connectivity index (χ4v) is 4.98. The Bertz CT molecular complexity index is 722. The third kappa shape index (κ3) is 4.45. The minimum absolute atomic E-state index is 0.0850. The summed E-state index contributed by atoms with van der Waals surface area (Å²) >= 11 is 1.26. The first kappa shape index (κ1) is 17.7. The molecule has 1 atom stereocenters. The van der Waals surface area contributed by atoms with Crippen LogP contribution in [0.25, 0.3) is 0 Å². The van der Waals surface area contributed by atoms with E-state index in [9.17, 15) is 13.2 Å². The van der Waals surface area contributed by atoms with Gasteiger partial charge in [-0.05, 0) is 6.42 Å². The number of hydrogen-bond donors (Lipinski definition) is 0. The maximum absolute atomic E-state index is 11.9. The highest BCUT2D eigenvalue weighted by atomic mass is 32.2. The molecule has 0 radical (unpaired) electrons. The van der Waals surface area contributed by atoms with Crippen LogP contribution in [0.5, 0.6) is 0 Å². The average molecular weight is 357 g/mol. The molecule has 10 heteroatoms. The third-order valence-corrected chi connectivity index (χ3v) is 6.55. The van der Waals surface area contributed by atoms with Gasteiger partial charge in [0.25, 0.3) is 0 Å². The van der Waals surface area contributed by atoms with Crippen LogP contribution in [0.15, 0.2) is 5.16 Å². The SMILES string of the molecule is CN(CCC#N)C(=O)CSc1nnc([C@@H]2CCS(=O)(=O)C2)n1C. The van der Waals surface area contributed by atoms with Crippen LogP contribution in [0, 0.1) is 11.3 Å². The number of nitriles is 1. The lowest BCUT2D eigenvalue weighted by atomic mass is 10.1. The Labute approximate surface area is 139 Å². The van der Waals surface area contributed by atoms with Crippen LogP contribution in [0.4, 0.5) is 0 Å². The summed E-state index contributed by atoms with van der Waals surface area (Å²) in [6, 6.07) is 2.00. The van der Waals surface area contributed by atoms with Crippen LogP contribution in [-0.4, -0.2) is 64.8 Å². The van der Waals surface area contributed by atoms with Crippen LogP contribution in [-0.2, 0) is 21.7 Å². The lowest BCUT2D eigenvalue weighted by molar-refractivity contribution is -0.127. The van der Waals surface area contributed by atoms with Crippen molar-refractivity contribution in [1.82, 2.24) is 19.7 Å². The first-order chi connectivity index (χ1) is 10.8. The van der Waals surface area contributed by atoms with Gasteiger partial charge in [-0.2, -0.15) is 5.26 Å². The Morgan fingerprint density at radius 1 is 1.52 bits per heavy atom. The van der Waals surface area contributed by atoms with Gasteiger partial charge in [0.1, 0.15) is 5.82 Å². The van der Waals surface area contributed by atoms with Gasteiger partial charge in [0.05, 0.1) is 29.7 Å². The van der Waals surface area contributed by atoms with E-state index in [1.54, 1.807) is 18.7 Å². The molecule has 1 amide bonds. The number of aromatic nitrogens is 3. The maximum Gasteiger partial charge on any atom is 0.232 e. The van der Waals surface area contributed by atoms with E-state index in [1.807, 2.05) is 6.07 Å². The lowest BCUT2D eigenvalue weighted by Crippen LogP contribution is -2.29. The van der Waals surface area contributed by atoms with E-state index >= 15 is 0 Å². The fraction of sp³-hybridized carbons (Fsp3) is 0.692. The van der Waals surface area contributed by atoms with Crippen molar-refractivity contribution < 1.29 is 13.2 Å². The van der Waals surface area contributed by atoms with Gasteiger partial charge in [0.15, 0.2) is 15.0 Å². The summed E-state index contributed by atoms with van der Waals surface area (Å²) in [5.74, 6) is 0.948. The van der Waals surface area contributed by atoms with Crippen molar-refractivity contribution in [2.75, 3.05) is 30.9 Å². The smallest absolute Gasteiger partial charge is 0.232 e. The molecular formula is C13H19N5O3S2. The molecule has 0 aromatic carbocycles. The highest BCUT2D eigenvalue weighted by Gasteiger charge is 2.32. The molecule has 1 aliphatic heterocycles. The quantitative estimate of drug-likeness (QED) is 0.668. The fourth-order valence-electron chi connectivity index (χ4n) is 2.38. The molecule has 8 nitrogen and oxygen atoms in total. The Kier molecular flexibility index (Phi) is 5.64. The second kappa shape index (κ2) is 7.31. The van der Waals surface area contributed by atoms with Gasteiger partial charge < -0.3 is 9.47 Å². The molecule has 0 unspecified atom stereocenters. The van der Waals surface area contributed by atoms with Gasteiger partial charge in [-0.25, -0.2) is 8.42 Å². The number of amides is 1. The Morgan fingerprint density at radius 3 is 2.87 bits per heavy atom. The molecule has 1 saturated heterocycles. The van der Waals surface area contributed by atoms with Gasteiger partial charge in [-0.3, -0.25) is 4.79 Å². The predicted molar refractivity (Wildman–Crippen MR) is 85.6 cm³/mol. The molecule has 0 spiro atoms. The molecule has 1 aromatic rings. The second-order valence-corrected chi connectivity index (χ2v) is 8.68. The van der Waals surface area contributed by atoms with E-state index in [2.05, 4.69) is 10.2 Å². The van der Waals surface area contributed by atoms with Crippen LogP contribution in [0.3, 0.4) is 0 Å². The summed E-state index contributed by atoms with van der Waals surface area (Å²) in [7, 11) is 0.471. The van der Waals surface area contributed by atoms with Crippen LogP contribution in [0.1, 0.15) is 24.6 Å². The summed E-state index contributed by atoms with van der Waals surface area (Å²) in [5.41, 5.74) is 0. The first-order valence-electron chi connectivity index (χ1n) is 7.17. The van der Waals surface area contributed by atoms with Gasteiger partial charge in [-0.15, -0.1) is 10.2 Å². The number of carbonyl (C=O) groups is 1. The van der Waals surface area contributed by atoms with Crippen LogP contribution < -0.4 is 0 Å². The summed E-state index contributed by atoms with van der Waals surface area (Å²) in [6.45, 7) is 0.403. The second-order valence-electron chi connectivity index (χ2n) is 5.51. The van der Waals surface area contributed by atoms with E-state index in [-0.39, 0.29) is 29.1 Å². The Hall–Kier alpha value is -1.60. The summed E-state index contributed by atoms with van der Waals surface area (Å²) < 4.78 is 24.9. The number of rotatable bonds is 6. The topological polar surface area (TPSA) is 109 Å². The highest BCUT2D eigenvalue weighted by molar-refractivity contribution is 7.99. The molecule has 0 N–H and O–H groups in total. The first-order valence-corrected chi connectivity index (χ1v) is 9.98. The summed E-state index contributed by atoms with van der Waals surface area (Å²) in [6.07, 6.45) is 0.867. The number of carbonyl (C=O) groups excluding carboxylic acids is 1. The molecular weight excluding hydrogens is 338 g/mol. The molecule has 1 aliphatic rings. The number of thioether (sulfide) groups is 1. The van der Waals surface area contributed by atoms with Gasteiger partial charge in [-0.1, -0.05) is 11.8 Å². The standard InChI is InChI=1S/C13H19N5O3S2/c1-17(6-3-5-14)11(19)8-22-13-16-15-12(18(13)2)10-4-7-23(20,21)9-10/h10H,3-4,6-9H2,1-2H3/t10-/m1/s1. The van der Waals surface area contributed by atoms with Crippen LogP contribution in [0.2, 0.25) is 0 Å². The molecule has 2 heterocycles. The lowest BCUT2D eigenvalue weighted by Gasteiger charge is -2.14. The zero-order valence-electron chi connectivity index (χ0n) is 13.1. The Balaban J connectivity index is 1.95. The molecule has 0 aliphatic carbocycles. The minimum atomic E-state index is -2.97. The average Bonchev–Trinajstić information content (AvgIpc) is 3.04. The number of sulfone groups is 1. The largest absolute Gasteiger partial charge is 0.344 e. The van der Waals surface area contributed by atoms with Crippen molar-refractivity contribution in [3.63, 3.8) is 0 Å². The van der Waals surface area contributed by atoms with E-state index in [0.29, 0.717) is 30.4 Å². The normalized spacial score (nSPS) is 19.4. The zero-order chi connectivity index (χ0) is 17.0. The number of nitrogens with zero attached hydrogens (tertiary/aromatic N) is 5. The van der Waals surface area contributed by atoms with Crippen molar-refractivity contribution >= 4 is 27.5 Å². The maximum atomic E-state index is 11.9. The number of hydrogen-bond acceptors (Lipinski definition) is 7. The van der Waals surface area contributed by atoms with Crippen molar-refractivity contribution in [3.05, 3.63) is 5.82 Å². The van der Waals surface area contributed by atoms with E-state index in [1.165, 1.54) is 16.7 Å². The zero-order valence-corrected chi connectivity index (χ0v) is 14.7. The van der Waals surface area contributed by atoms with Gasteiger partial charge >= 0.3 is 0 Å². The summed E-state index contributed by atoms with van der Waals surface area (Å²) in [5, 5.41) is 17.3. The van der Waals surface area contributed by atoms with E-state index in [4.69, 9.17) is 5.26 Å². The van der Waals surface area contributed by atoms with E-state index < -0.39 is 9.84 Å². The molecule has 1 aromatic heterocycles. The molecule has 2 rings (SSSR count). The molecule has 0 saturated carbocycles. The molecule has 23 heavy (non-hydrogen) atoms. The van der Waals surface area contributed by atoms with Crippen molar-refractivity contribution in [2.45, 2.75) is 23.9 Å². The minimum Gasteiger partial charge on any atom is -0.344 e. The van der Waals surface area contributed by atoms with Crippen molar-refractivity contribution in [3.8, 4) is 6.07 Å². The molecule has 126 valence electrons. The van der Waals surface area contributed by atoms with Crippen molar-refractivity contribution in [1.29, 1.82) is 5.26 Å². The highest BCUT2D eigenvalue weighted by Crippen LogP contribution is 2.29. The van der Waals surface area contributed by atoms with E-state index in [0.717, 1.165) is 0 Å². The molecule has 0 bridgehead atoms. The predicted octanol–water partition coefficient (Wildman–Crippen LogP) is 0.181. The monoisotopic (exact) mass is 357 g/mol. The van der Waals surface area contributed by atoms with Gasteiger partial charge in [0, 0.05) is 26.6 Å². The van der Waals surface area contributed by atoms with Crippen molar-refractivity contribution in [2.24, 2.45) is 7.05 Å². The molecule has 1 fully saturated rings.